The van der Waals surface area contributed by atoms with Gasteiger partial charge in [0.1, 0.15) is 5.75 Å². The Labute approximate surface area is 186 Å². The van der Waals surface area contributed by atoms with Gasteiger partial charge in [-0.05, 0) is 42.7 Å². The molecular weight excluding hydrogens is 408 g/mol. The number of methoxy groups -OCH3 is 1. The van der Waals surface area contributed by atoms with Gasteiger partial charge in [0.25, 0.3) is 5.91 Å². The summed E-state index contributed by atoms with van der Waals surface area (Å²) in [6.45, 7) is 6.21. The molecule has 1 aliphatic heterocycles. The third-order valence-corrected chi connectivity index (χ3v) is 6.38. The number of carbonyl (C=O) groups is 1. The number of hydrogen-bond acceptors (Lipinski definition) is 5. The number of aromatic nitrogens is 3. The van der Waals surface area contributed by atoms with Crippen molar-refractivity contribution in [2.45, 2.75) is 30.3 Å². The number of nitrogens with zero attached hydrogens (tertiary/aromatic N) is 4. The van der Waals surface area contributed by atoms with E-state index in [4.69, 9.17) is 4.74 Å². The van der Waals surface area contributed by atoms with E-state index in [1.807, 2.05) is 64.1 Å². The van der Waals surface area contributed by atoms with Crippen molar-refractivity contribution in [3.8, 4) is 17.1 Å². The van der Waals surface area contributed by atoms with Gasteiger partial charge in [-0.15, -0.1) is 16.8 Å². The number of para-hydroxylation sites is 1. The van der Waals surface area contributed by atoms with Crippen LogP contribution in [0.25, 0.3) is 11.4 Å². The van der Waals surface area contributed by atoms with Crippen LogP contribution in [0.1, 0.15) is 28.8 Å². The number of hydrogen-bond donors (Lipinski definition) is 0. The van der Waals surface area contributed by atoms with E-state index in [0.717, 1.165) is 65.1 Å². The van der Waals surface area contributed by atoms with Crippen LogP contribution in [0.2, 0.25) is 0 Å². The molecule has 6 nitrogen and oxygen atoms in total. The van der Waals surface area contributed by atoms with E-state index in [1.165, 1.54) is 0 Å². The first-order valence-electron chi connectivity index (χ1n) is 10.4. The Morgan fingerprint density at radius 1 is 1.13 bits per heavy atom. The fourth-order valence-electron chi connectivity index (χ4n) is 3.71. The smallest absolute Gasteiger partial charge is 0.253 e. The summed E-state index contributed by atoms with van der Waals surface area (Å²) in [5, 5.41) is 9.65. The number of likely N-dealkylation sites (tertiary alicyclic amines) is 1. The molecule has 0 N–H and O–H groups in total. The maximum Gasteiger partial charge on any atom is 0.253 e. The second kappa shape index (κ2) is 9.83. The summed E-state index contributed by atoms with van der Waals surface area (Å²) >= 11 is 1.61. The van der Waals surface area contributed by atoms with Crippen LogP contribution in [0.3, 0.4) is 0 Å². The number of amides is 1. The zero-order valence-electron chi connectivity index (χ0n) is 17.7. The number of rotatable bonds is 8. The fraction of sp³-hybridized carbons (Fsp3) is 0.292. The maximum atomic E-state index is 12.5. The molecule has 0 radical (unpaired) electrons. The fourth-order valence-corrected chi connectivity index (χ4v) is 4.62. The molecule has 1 fully saturated rings. The van der Waals surface area contributed by atoms with Crippen LogP contribution in [0.15, 0.2) is 66.3 Å². The van der Waals surface area contributed by atoms with Gasteiger partial charge >= 0.3 is 0 Å². The summed E-state index contributed by atoms with van der Waals surface area (Å²) in [5.41, 5.74) is 2.79. The maximum absolute atomic E-state index is 12.5. The number of allylic oxidation sites excluding steroid dienone is 1. The quantitative estimate of drug-likeness (QED) is 0.381. The monoisotopic (exact) mass is 434 g/mol. The molecule has 0 unspecified atom stereocenters. The molecule has 2 aromatic carbocycles. The zero-order valence-corrected chi connectivity index (χ0v) is 18.5. The van der Waals surface area contributed by atoms with E-state index >= 15 is 0 Å². The van der Waals surface area contributed by atoms with Crippen molar-refractivity contribution >= 4 is 17.7 Å². The first kappa shape index (κ1) is 21.2. The zero-order chi connectivity index (χ0) is 21.6. The SMILES string of the molecule is C=CCn1c(SCc2ccc(C(=O)N3CCCC3)cc2)nnc1-c1ccccc1OC. The number of carbonyl (C=O) groups excluding carboxylic acids is 1. The van der Waals surface area contributed by atoms with Gasteiger partial charge in [0.2, 0.25) is 0 Å². The van der Waals surface area contributed by atoms with Gasteiger partial charge in [-0.3, -0.25) is 9.36 Å². The summed E-state index contributed by atoms with van der Waals surface area (Å²) in [6.07, 6.45) is 4.04. The normalized spacial score (nSPS) is 13.4. The van der Waals surface area contributed by atoms with E-state index in [1.54, 1.807) is 18.9 Å². The van der Waals surface area contributed by atoms with Crippen LogP contribution in [-0.2, 0) is 12.3 Å². The van der Waals surface area contributed by atoms with Crippen molar-refractivity contribution in [3.63, 3.8) is 0 Å². The molecule has 0 bridgehead atoms. The minimum atomic E-state index is 0.129. The lowest BCUT2D eigenvalue weighted by Crippen LogP contribution is -2.27. The van der Waals surface area contributed by atoms with Gasteiger partial charge in [-0.25, -0.2) is 0 Å². The average molecular weight is 435 g/mol. The molecule has 31 heavy (non-hydrogen) atoms. The van der Waals surface area contributed by atoms with Crippen molar-refractivity contribution in [3.05, 3.63) is 72.3 Å². The van der Waals surface area contributed by atoms with Crippen LogP contribution in [-0.4, -0.2) is 45.8 Å². The third-order valence-electron chi connectivity index (χ3n) is 5.34. The van der Waals surface area contributed by atoms with Crippen LogP contribution in [0.4, 0.5) is 0 Å². The predicted octanol–water partition coefficient (Wildman–Crippen LogP) is 4.67. The van der Waals surface area contributed by atoms with Gasteiger partial charge in [0, 0.05) is 31.0 Å². The molecule has 0 spiro atoms. The Morgan fingerprint density at radius 2 is 1.87 bits per heavy atom. The van der Waals surface area contributed by atoms with E-state index in [-0.39, 0.29) is 5.91 Å². The van der Waals surface area contributed by atoms with Gasteiger partial charge < -0.3 is 9.64 Å². The minimum absolute atomic E-state index is 0.129. The Morgan fingerprint density at radius 3 is 2.58 bits per heavy atom. The predicted molar refractivity (Wildman–Crippen MR) is 123 cm³/mol. The molecule has 1 aromatic heterocycles. The number of thioether (sulfide) groups is 1. The molecule has 160 valence electrons. The molecular formula is C24H26N4O2S. The highest BCUT2D eigenvalue weighted by molar-refractivity contribution is 7.98. The summed E-state index contributed by atoms with van der Waals surface area (Å²) in [7, 11) is 1.65. The van der Waals surface area contributed by atoms with Crippen LogP contribution in [0, 0.1) is 0 Å². The van der Waals surface area contributed by atoms with E-state index in [9.17, 15) is 4.79 Å². The number of benzene rings is 2. The Balaban J connectivity index is 1.49. The highest BCUT2D eigenvalue weighted by Gasteiger charge is 2.20. The lowest BCUT2D eigenvalue weighted by molar-refractivity contribution is 0.0793. The second-order valence-electron chi connectivity index (χ2n) is 7.39. The van der Waals surface area contributed by atoms with Crippen molar-refractivity contribution in [2.75, 3.05) is 20.2 Å². The largest absolute Gasteiger partial charge is 0.496 e. The molecule has 7 heteroatoms. The molecule has 1 saturated heterocycles. The third kappa shape index (κ3) is 4.66. The van der Waals surface area contributed by atoms with Crippen LogP contribution in [0.5, 0.6) is 5.75 Å². The van der Waals surface area contributed by atoms with Gasteiger partial charge in [-0.1, -0.05) is 42.1 Å². The first-order chi connectivity index (χ1) is 15.2. The molecule has 0 atom stereocenters. The Bertz CT molecular complexity index is 1060. The summed E-state index contributed by atoms with van der Waals surface area (Å²) in [5.74, 6) is 2.38. The topological polar surface area (TPSA) is 60.2 Å². The van der Waals surface area contributed by atoms with Crippen molar-refractivity contribution in [2.24, 2.45) is 0 Å². The molecule has 0 aliphatic carbocycles. The molecule has 4 rings (SSSR count). The summed E-state index contributed by atoms with van der Waals surface area (Å²) in [4.78, 5) is 14.5. The lowest BCUT2D eigenvalue weighted by Gasteiger charge is -2.15. The van der Waals surface area contributed by atoms with Crippen molar-refractivity contribution < 1.29 is 9.53 Å². The lowest BCUT2D eigenvalue weighted by atomic mass is 10.1. The van der Waals surface area contributed by atoms with Crippen molar-refractivity contribution in [1.82, 2.24) is 19.7 Å². The molecule has 0 saturated carbocycles. The standard InChI is InChI=1S/C24H26N4O2S/c1-3-14-28-22(20-8-4-5-9-21(20)30-2)25-26-24(28)31-17-18-10-12-19(13-11-18)23(29)27-15-6-7-16-27/h3-5,8-13H,1,6-7,14-17H2,2H3. The second-order valence-corrected chi connectivity index (χ2v) is 8.33. The van der Waals surface area contributed by atoms with E-state index in [0.29, 0.717) is 6.54 Å². The van der Waals surface area contributed by atoms with Crippen LogP contribution >= 0.6 is 11.8 Å². The molecule has 2 heterocycles. The Hall–Kier alpha value is -3.06. The Kier molecular flexibility index (Phi) is 6.72. The highest BCUT2D eigenvalue weighted by Crippen LogP contribution is 2.31. The number of ether oxygens (including phenoxy) is 1. The van der Waals surface area contributed by atoms with Crippen molar-refractivity contribution in [1.29, 1.82) is 0 Å². The summed E-state index contributed by atoms with van der Waals surface area (Å²) < 4.78 is 7.54. The average Bonchev–Trinajstić information content (AvgIpc) is 3.48. The molecule has 1 aliphatic rings. The molecule has 3 aromatic rings. The van der Waals surface area contributed by atoms with E-state index < -0.39 is 0 Å². The van der Waals surface area contributed by atoms with Gasteiger partial charge in [0.15, 0.2) is 11.0 Å². The highest BCUT2D eigenvalue weighted by atomic mass is 32.2. The van der Waals surface area contributed by atoms with E-state index in [2.05, 4.69) is 16.8 Å². The van der Waals surface area contributed by atoms with Gasteiger partial charge in [0.05, 0.1) is 12.7 Å². The minimum Gasteiger partial charge on any atom is -0.496 e. The first-order valence-corrected chi connectivity index (χ1v) is 11.4. The molecule has 1 amide bonds. The van der Waals surface area contributed by atoms with Gasteiger partial charge in [-0.2, -0.15) is 0 Å². The summed E-state index contributed by atoms with van der Waals surface area (Å²) in [6, 6.07) is 15.7. The van der Waals surface area contributed by atoms with Crippen LogP contribution < -0.4 is 4.74 Å².